The van der Waals surface area contributed by atoms with Gasteiger partial charge in [0.1, 0.15) is 5.69 Å². The van der Waals surface area contributed by atoms with E-state index in [1.165, 1.54) is 11.1 Å². The summed E-state index contributed by atoms with van der Waals surface area (Å²) in [6.07, 6.45) is 3.57. The highest BCUT2D eigenvalue weighted by Gasteiger charge is 2.33. The largest absolute Gasteiger partial charge is 0.329 e. The van der Waals surface area contributed by atoms with Crippen molar-refractivity contribution in [2.75, 3.05) is 6.54 Å². The third-order valence-electron chi connectivity index (χ3n) is 3.48. The first-order valence-corrected chi connectivity index (χ1v) is 7.46. The number of halogens is 1. The van der Waals surface area contributed by atoms with Crippen molar-refractivity contribution in [3.63, 3.8) is 0 Å². The van der Waals surface area contributed by atoms with Crippen LogP contribution < -0.4 is 0 Å². The van der Waals surface area contributed by atoms with E-state index in [4.69, 9.17) is 11.6 Å². The van der Waals surface area contributed by atoms with Gasteiger partial charge in [-0.05, 0) is 24.3 Å². The number of likely N-dealkylation sites (tertiary alicyclic amines) is 1. The van der Waals surface area contributed by atoms with Crippen molar-refractivity contribution in [3.8, 4) is 0 Å². The summed E-state index contributed by atoms with van der Waals surface area (Å²) in [6, 6.07) is 4.29. The fraction of sp³-hybridized carbons (Fsp3) is 0.385. The van der Waals surface area contributed by atoms with E-state index >= 15 is 0 Å². The van der Waals surface area contributed by atoms with Crippen molar-refractivity contribution < 1.29 is 4.79 Å². The number of aryl methyl sites for hydroxylation is 1. The van der Waals surface area contributed by atoms with Crippen LogP contribution in [0.15, 0.2) is 23.7 Å². The minimum atomic E-state index is -0.0269. The van der Waals surface area contributed by atoms with Gasteiger partial charge >= 0.3 is 0 Å². The Hall–Kier alpha value is -1.33. The average Bonchev–Trinajstić information content (AvgIpc) is 3.08. The number of carbonyl (C=O) groups is 1. The standard InChI is InChI=1S/C13H14ClN3OS/c1-16-12(9(14)8-15-16)13(18)17-6-2-4-10(17)11-5-3-7-19-11/h3,5,7-8,10H,2,4,6H2,1H3. The Morgan fingerprint density at radius 1 is 1.58 bits per heavy atom. The molecule has 1 fully saturated rings. The number of thiophene rings is 1. The number of hydrogen-bond acceptors (Lipinski definition) is 3. The van der Waals surface area contributed by atoms with Gasteiger partial charge in [0, 0.05) is 18.5 Å². The lowest BCUT2D eigenvalue weighted by Gasteiger charge is -2.24. The minimum absolute atomic E-state index is 0.0269. The predicted octanol–water partition coefficient (Wildman–Crippen LogP) is 3.11. The summed E-state index contributed by atoms with van der Waals surface area (Å²) in [6.45, 7) is 0.781. The number of nitrogens with zero attached hydrogens (tertiary/aromatic N) is 3. The van der Waals surface area contributed by atoms with E-state index in [0.29, 0.717) is 10.7 Å². The Balaban J connectivity index is 1.91. The third kappa shape index (κ3) is 2.17. The molecule has 0 saturated carbocycles. The van der Waals surface area contributed by atoms with Crippen molar-refractivity contribution in [3.05, 3.63) is 39.3 Å². The Bertz CT molecular complexity index is 574. The van der Waals surface area contributed by atoms with Gasteiger partial charge in [-0.15, -0.1) is 11.3 Å². The summed E-state index contributed by atoms with van der Waals surface area (Å²) >= 11 is 7.76. The van der Waals surface area contributed by atoms with Gasteiger partial charge in [0.2, 0.25) is 0 Å². The molecule has 0 aromatic carbocycles. The molecule has 3 heterocycles. The lowest BCUT2D eigenvalue weighted by Crippen LogP contribution is -2.31. The third-order valence-corrected chi connectivity index (χ3v) is 4.73. The highest BCUT2D eigenvalue weighted by atomic mass is 35.5. The molecular weight excluding hydrogens is 282 g/mol. The van der Waals surface area contributed by atoms with E-state index in [1.54, 1.807) is 23.1 Å². The van der Waals surface area contributed by atoms with Gasteiger partial charge in [-0.2, -0.15) is 5.10 Å². The van der Waals surface area contributed by atoms with Crippen molar-refractivity contribution in [2.24, 2.45) is 7.05 Å². The Morgan fingerprint density at radius 2 is 2.42 bits per heavy atom. The van der Waals surface area contributed by atoms with Crippen LogP contribution in [0.2, 0.25) is 5.02 Å². The highest BCUT2D eigenvalue weighted by molar-refractivity contribution is 7.10. The molecule has 0 spiro atoms. The van der Waals surface area contributed by atoms with Crippen LogP contribution in [0.5, 0.6) is 0 Å². The normalized spacial score (nSPS) is 19.1. The predicted molar refractivity (Wildman–Crippen MR) is 75.5 cm³/mol. The summed E-state index contributed by atoms with van der Waals surface area (Å²) < 4.78 is 1.55. The Morgan fingerprint density at radius 3 is 3.05 bits per heavy atom. The molecule has 1 amide bonds. The van der Waals surface area contributed by atoms with Gasteiger partial charge in [-0.1, -0.05) is 17.7 Å². The van der Waals surface area contributed by atoms with E-state index < -0.39 is 0 Å². The molecule has 0 radical (unpaired) electrons. The van der Waals surface area contributed by atoms with Crippen LogP contribution in [0, 0.1) is 0 Å². The maximum absolute atomic E-state index is 12.6. The molecule has 2 aromatic rings. The number of aromatic nitrogens is 2. The molecule has 0 N–H and O–H groups in total. The monoisotopic (exact) mass is 295 g/mol. The van der Waals surface area contributed by atoms with Gasteiger partial charge in [0.05, 0.1) is 17.3 Å². The van der Waals surface area contributed by atoms with Crippen molar-refractivity contribution in [1.29, 1.82) is 0 Å². The summed E-state index contributed by atoms with van der Waals surface area (Å²) in [7, 11) is 1.75. The number of hydrogen-bond donors (Lipinski definition) is 0. The molecule has 0 aliphatic carbocycles. The van der Waals surface area contributed by atoms with Crippen LogP contribution in [-0.2, 0) is 7.05 Å². The highest BCUT2D eigenvalue weighted by Crippen LogP contribution is 2.36. The summed E-state index contributed by atoms with van der Waals surface area (Å²) in [4.78, 5) is 15.8. The fourth-order valence-corrected chi connectivity index (χ4v) is 3.69. The van der Waals surface area contributed by atoms with Crippen LogP contribution >= 0.6 is 22.9 Å². The maximum Gasteiger partial charge on any atom is 0.274 e. The summed E-state index contributed by atoms with van der Waals surface area (Å²) in [5.41, 5.74) is 0.477. The van der Waals surface area contributed by atoms with Crippen molar-refractivity contribution in [1.82, 2.24) is 14.7 Å². The van der Waals surface area contributed by atoms with Gasteiger partial charge in [0.25, 0.3) is 5.91 Å². The topological polar surface area (TPSA) is 38.1 Å². The van der Waals surface area contributed by atoms with Crippen LogP contribution in [0.1, 0.15) is 34.2 Å². The zero-order valence-corrected chi connectivity index (χ0v) is 12.1. The summed E-state index contributed by atoms with van der Waals surface area (Å²) in [5, 5.41) is 6.51. The van der Waals surface area contributed by atoms with Crippen molar-refractivity contribution >= 4 is 28.8 Å². The summed E-state index contributed by atoms with van der Waals surface area (Å²) in [5.74, 6) is -0.0269. The average molecular weight is 296 g/mol. The van der Waals surface area contributed by atoms with Crippen LogP contribution in [0.25, 0.3) is 0 Å². The maximum atomic E-state index is 12.6. The molecule has 4 nitrogen and oxygen atoms in total. The van der Waals surface area contributed by atoms with Gasteiger partial charge in [-0.25, -0.2) is 0 Å². The van der Waals surface area contributed by atoms with Crippen LogP contribution in [-0.4, -0.2) is 27.1 Å². The lowest BCUT2D eigenvalue weighted by molar-refractivity contribution is 0.0727. The molecular formula is C13H14ClN3OS. The van der Waals surface area contributed by atoms with E-state index in [0.717, 1.165) is 19.4 Å². The molecule has 6 heteroatoms. The Labute approximate surface area is 120 Å². The van der Waals surface area contributed by atoms with E-state index in [1.807, 2.05) is 16.3 Å². The zero-order valence-electron chi connectivity index (χ0n) is 10.5. The van der Waals surface area contributed by atoms with Crippen molar-refractivity contribution in [2.45, 2.75) is 18.9 Å². The van der Waals surface area contributed by atoms with Crippen LogP contribution in [0.3, 0.4) is 0 Å². The Kier molecular flexibility index (Phi) is 3.33. The van der Waals surface area contributed by atoms with Gasteiger partial charge < -0.3 is 4.90 Å². The number of carbonyl (C=O) groups excluding carboxylic acids is 1. The molecule has 19 heavy (non-hydrogen) atoms. The molecule has 0 bridgehead atoms. The van der Waals surface area contributed by atoms with E-state index in [9.17, 15) is 4.79 Å². The second-order valence-electron chi connectivity index (χ2n) is 4.64. The molecule has 1 atom stereocenters. The van der Waals surface area contributed by atoms with Crippen LogP contribution in [0.4, 0.5) is 0 Å². The van der Waals surface area contributed by atoms with E-state index in [-0.39, 0.29) is 11.9 Å². The van der Waals surface area contributed by atoms with E-state index in [2.05, 4.69) is 11.2 Å². The first kappa shape index (κ1) is 12.7. The quantitative estimate of drug-likeness (QED) is 0.854. The second-order valence-corrected chi connectivity index (χ2v) is 6.02. The molecule has 1 aliphatic rings. The molecule has 3 rings (SSSR count). The molecule has 1 saturated heterocycles. The lowest BCUT2D eigenvalue weighted by atomic mass is 10.2. The molecule has 2 aromatic heterocycles. The second kappa shape index (κ2) is 4.98. The smallest absolute Gasteiger partial charge is 0.274 e. The first-order valence-electron chi connectivity index (χ1n) is 6.20. The molecule has 1 aliphatic heterocycles. The molecule has 1 unspecified atom stereocenters. The first-order chi connectivity index (χ1) is 9.18. The molecule has 100 valence electrons. The van der Waals surface area contributed by atoms with Gasteiger partial charge in [-0.3, -0.25) is 9.48 Å². The number of rotatable bonds is 2. The SMILES string of the molecule is Cn1ncc(Cl)c1C(=O)N1CCCC1c1cccs1. The number of amides is 1. The fourth-order valence-electron chi connectivity index (χ4n) is 2.57. The minimum Gasteiger partial charge on any atom is -0.329 e. The van der Waals surface area contributed by atoms with Gasteiger partial charge in [0.15, 0.2) is 0 Å². The zero-order chi connectivity index (χ0) is 13.4.